The summed E-state index contributed by atoms with van der Waals surface area (Å²) < 4.78 is 12.4. The van der Waals surface area contributed by atoms with Crippen LogP contribution in [0.4, 0.5) is 5.82 Å². The molecule has 112 valence electrons. The van der Waals surface area contributed by atoms with Crippen molar-refractivity contribution in [3.8, 4) is 0 Å². The van der Waals surface area contributed by atoms with E-state index in [-0.39, 0.29) is 23.3 Å². The molecular weight excluding hydrogens is 258 g/mol. The molecule has 1 aliphatic carbocycles. The smallest absolute Gasteiger partial charge is 0.360 e. The van der Waals surface area contributed by atoms with Gasteiger partial charge in [-0.25, -0.2) is 9.78 Å². The van der Waals surface area contributed by atoms with Gasteiger partial charge in [0.25, 0.3) is 0 Å². The van der Waals surface area contributed by atoms with Crippen molar-refractivity contribution in [1.29, 1.82) is 0 Å². The Morgan fingerprint density at radius 1 is 1.55 bits per heavy atom. The zero-order valence-corrected chi connectivity index (χ0v) is 12.8. The Bertz CT molecular complexity index is 522. The topological polar surface area (TPSA) is 79.4 Å². The van der Waals surface area contributed by atoms with Gasteiger partial charge in [-0.1, -0.05) is 13.8 Å². The number of aryl methyl sites for hydroxylation is 1. The Morgan fingerprint density at radius 2 is 2.20 bits per heavy atom. The summed E-state index contributed by atoms with van der Waals surface area (Å²) in [5, 5.41) is 0. The minimum atomic E-state index is -0.465. The Morgan fingerprint density at radius 3 is 2.70 bits per heavy atom. The summed E-state index contributed by atoms with van der Waals surface area (Å²) >= 11 is 0. The van der Waals surface area contributed by atoms with Gasteiger partial charge >= 0.3 is 5.97 Å². The maximum Gasteiger partial charge on any atom is 0.360 e. The Balaban J connectivity index is 2.33. The second-order valence-corrected chi connectivity index (χ2v) is 5.78. The van der Waals surface area contributed by atoms with Crippen LogP contribution in [0.1, 0.15) is 49.5 Å². The molecular formula is C14H23N3O3. The van der Waals surface area contributed by atoms with E-state index in [1.54, 1.807) is 14.0 Å². The lowest BCUT2D eigenvalue weighted by Crippen LogP contribution is -2.51. The lowest BCUT2D eigenvalue weighted by Gasteiger charge is -2.52. The third-order valence-electron chi connectivity index (χ3n) is 4.32. The number of anilines is 1. The fraction of sp³-hybridized carbons (Fsp3) is 0.714. The molecule has 0 spiro atoms. The van der Waals surface area contributed by atoms with Crippen molar-refractivity contribution in [2.75, 3.05) is 19.5 Å². The van der Waals surface area contributed by atoms with Crippen LogP contribution in [0.3, 0.4) is 0 Å². The molecule has 2 N–H and O–H groups in total. The Hall–Kier alpha value is -1.56. The number of carbonyl (C=O) groups excluding carboxylic acids is 1. The summed E-state index contributed by atoms with van der Waals surface area (Å²) in [7, 11) is 1.72. The molecule has 1 aromatic rings. The number of nitrogens with zero attached hydrogens (tertiary/aromatic N) is 2. The van der Waals surface area contributed by atoms with E-state index in [0.717, 1.165) is 12.2 Å². The van der Waals surface area contributed by atoms with E-state index < -0.39 is 5.97 Å². The van der Waals surface area contributed by atoms with Crippen LogP contribution >= 0.6 is 0 Å². The maximum absolute atomic E-state index is 11.8. The van der Waals surface area contributed by atoms with Gasteiger partial charge in [-0.2, -0.15) is 0 Å². The van der Waals surface area contributed by atoms with E-state index in [4.69, 9.17) is 15.2 Å². The number of rotatable bonds is 4. The molecule has 6 nitrogen and oxygen atoms in total. The molecule has 0 aliphatic heterocycles. The van der Waals surface area contributed by atoms with Crippen LogP contribution in [-0.2, 0) is 9.47 Å². The lowest BCUT2D eigenvalue weighted by molar-refractivity contribution is -0.112. The van der Waals surface area contributed by atoms with E-state index in [2.05, 4.69) is 18.8 Å². The van der Waals surface area contributed by atoms with E-state index in [9.17, 15) is 4.79 Å². The minimum Gasteiger partial charge on any atom is -0.461 e. The third kappa shape index (κ3) is 2.08. The fourth-order valence-electron chi connectivity index (χ4n) is 3.01. The van der Waals surface area contributed by atoms with Crippen molar-refractivity contribution in [3.05, 3.63) is 11.5 Å². The SMILES string of the molecule is CCOC(=O)c1nc(C)n(C2CC(OC)C2(C)C)c1N. The molecule has 2 rings (SSSR count). The number of aromatic nitrogens is 2. The van der Waals surface area contributed by atoms with E-state index in [1.165, 1.54) is 0 Å². The first-order valence-electron chi connectivity index (χ1n) is 6.88. The fourth-order valence-corrected chi connectivity index (χ4v) is 3.01. The molecule has 20 heavy (non-hydrogen) atoms. The molecule has 0 saturated heterocycles. The summed E-state index contributed by atoms with van der Waals surface area (Å²) in [5.74, 6) is 0.652. The number of imidazole rings is 1. The summed E-state index contributed by atoms with van der Waals surface area (Å²) in [6.07, 6.45) is 1.06. The van der Waals surface area contributed by atoms with E-state index in [1.807, 2.05) is 11.5 Å². The second kappa shape index (κ2) is 5.09. The van der Waals surface area contributed by atoms with Crippen LogP contribution in [0.2, 0.25) is 0 Å². The van der Waals surface area contributed by atoms with Crippen molar-refractivity contribution < 1.29 is 14.3 Å². The molecule has 2 atom stereocenters. The highest BCUT2D eigenvalue weighted by Crippen LogP contribution is 2.52. The van der Waals surface area contributed by atoms with Gasteiger partial charge in [0.05, 0.1) is 12.7 Å². The molecule has 0 bridgehead atoms. The van der Waals surface area contributed by atoms with Gasteiger partial charge in [-0.3, -0.25) is 0 Å². The highest BCUT2D eigenvalue weighted by Gasteiger charge is 2.50. The number of ether oxygens (including phenoxy) is 2. The first-order valence-corrected chi connectivity index (χ1v) is 6.88. The highest BCUT2D eigenvalue weighted by molar-refractivity contribution is 5.92. The number of carbonyl (C=O) groups is 1. The van der Waals surface area contributed by atoms with Crippen molar-refractivity contribution >= 4 is 11.8 Å². The first-order chi connectivity index (χ1) is 9.34. The number of nitrogen functional groups attached to an aromatic ring is 1. The number of hydrogen-bond acceptors (Lipinski definition) is 5. The number of esters is 1. The monoisotopic (exact) mass is 281 g/mol. The molecule has 2 unspecified atom stereocenters. The largest absolute Gasteiger partial charge is 0.461 e. The zero-order chi connectivity index (χ0) is 15.1. The van der Waals surface area contributed by atoms with Crippen LogP contribution in [0, 0.1) is 12.3 Å². The second-order valence-electron chi connectivity index (χ2n) is 5.78. The standard InChI is InChI=1S/C14H23N3O3/c1-6-20-13(18)11-12(15)17(8(2)16-11)9-7-10(19-5)14(9,3)4/h9-10H,6-7,15H2,1-5H3. The Kier molecular flexibility index (Phi) is 3.77. The van der Waals surface area contributed by atoms with Gasteiger partial charge < -0.3 is 19.8 Å². The maximum atomic E-state index is 11.8. The van der Waals surface area contributed by atoms with Crippen LogP contribution in [-0.4, -0.2) is 35.3 Å². The molecule has 1 heterocycles. The summed E-state index contributed by atoms with van der Waals surface area (Å²) in [4.78, 5) is 16.1. The predicted octanol–water partition coefficient (Wildman–Crippen LogP) is 1.94. The summed E-state index contributed by atoms with van der Waals surface area (Å²) in [6, 6.07) is 0.183. The van der Waals surface area contributed by atoms with Crippen LogP contribution in [0.15, 0.2) is 0 Å². The van der Waals surface area contributed by atoms with Gasteiger partial charge in [-0.15, -0.1) is 0 Å². The number of hydrogen-bond donors (Lipinski definition) is 1. The van der Waals surface area contributed by atoms with Gasteiger partial charge in [0.2, 0.25) is 0 Å². The number of nitrogens with two attached hydrogens (primary N) is 1. The lowest BCUT2D eigenvalue weighted by atomic mass is 9.64. The minimum absolute atomic E-state index is 0.0414. The molecule has 0 amide bonds. The van der Waals surface area contributed by atoms with Crippen molar-refractivity contribution in [2.45, 2.75) is 46.3 Å². The van der Waals surface area contributed by atoms with E-state index >= 15 is 0 Å². The summed E-state index contributed by atoms with van der Waals surface area (Å²) in [5.41, 5.74) is 6.28. The summed E-state index contributed by atoms with van der Waals surface area (Å²) in [6.45, 7) is 8.20. The van der Waals surface area contributed by atoms with Gasteiger partial charge in [-0.05, 0) is 20.3 Å². The molecule has 1 aliphatic rings. The van der Waals surface area contributed by atoms with Crippen LogP contribution in [0.5, 0.6) is 0 Å². The molecule has 6 heteroatoms. The van der Waals surface area contributed by atoms with Gasteiger partial charge in [0.15, 0.2) is 5.69 Å². The normalized spacial score (nSPS) is 24.2. The van der Waals surface area contributed by atoms with Crippen molar-refractivity contribution in [2.24, 2.45) is 5.41 Å². The van der Waals surface area contributed by atoms with Crippen molar-refractivity contribution in [3.63, 3.8) is 0 Å². The van der Waals surface area contributed by atoms with Crippen molar-refractivity contribution in [1.82, 2.24) is 9.55 Å². The Labute approximate surface area is 119 Å². The van der Waals surface area contributed by atoms with Crippen LogP contribution < -0.4 is 5.73 Å². The van der Waals surface area contributed by atoms with E-state index in [0.29, 0.717) is 12.4 Å². The number of methoxy groups -OCH3 is 1. The third-order valence-corrected chi connectivity index (χ3v) is 4.32. The van der Waals surface area contributed by atoms with Crippen LogP contribution in [0.25, 0.3) is 0 Å². The average molecular weight is 281 g/mol. The average Bonchev–Trinajstić information content (AvgIpc) is 2.66. The zero-order valence-electron chi connectivity index (χ0n) is 12.8. The first kappa shape index (κ1) is 14.8. The molecule has 0 radical (unpaired) electrons. The molecule has 1 fully saturated rings. The molecule has 0 aromatic carbocycles. The quantitative estimate of drug-likeness (QED) is 0.853. The van der Waals surface area contributed by atoms with Gasteiger partial charge in [0, 0.05) is 18.6 Å². The molecule has 1 saturated carbocycles. The highest BCUT2D eigenvalue weighted by atomic mass is 16.5. The van der Waals surface area contributed by atoms with Gasteiger partial charge in [0.1, 0.15) is 11.6 Å². The molecule has 1 aromatic heterocycles. The predicted molar refractivity (Wildman–Crippen MR) is 75.6 cm³/mol.